The maximum absolute atomic E-state index is 13.8. The van der Waals surface area contributed by atoms with Crippen LogP contribution in [0.4, 0.5) is 0 Å². The first-order valence-corrected chi connectivity index (χ1v) is 12.6. The molecule has 172 valence electrons. The highest BCUT2D eigenvalue weighted by molar-refractivity contribution is 6.30. The van der Waals surface area contributed by atoms with Crippen molar-refractivity contribution in [1.29, 1.82) is 0 Å². The summed E-state index contributed by atoms with van der Waals surface area (Å²) in [6.45, 7) is 6.29. The number of benzene rings is 2. The van der Waals surface area contributed by atoms with E-state index in [1.807, 2.05) is 38.1 Å². The summed E-state index contributed by atoms with van der Waals surface area (Å²) in [7, 11) is 0. The van der Waals surface area contributed by atoms with Gasteiger partial charge >= 0.3 is 0 Å². The molecule has 5 rings (SSSR count). The van der Waals surface area contributed by atoms with E-state index in [1.54, 1.807) is 6.92 Å². The lowest BCUT2D eigenvalue weighted by Gasteiger charge is -2.27. The minimum atomic E-state index is -0.542. The standard InChI is InChI=1S/C29H32ClNO2/c1-18(32)29(2,3)16-26-27(28(33)21-5-4-6-21)24-15-22(20-9-10-20)11-14-25(24)31(26)17-19-7-12-23(30)13-8-19/h7-8,11-15,20-21H,4-6,9-10,16-17H2,1-3H3. The summed E-state index contributed by atoms with van der Waals surface area (Å²) in [5.41, 5.74) is 4.88. The quantitative estimate of drug-likeness (QED) is 0.328. The van der Waals surface area contributed by atoms with Gasteiger partial charge in [0.2, 0.25) is 0 Å². The Morgan fingerprint density at radius 1 is 1.03 bits per heavy atom. The molecule has 0 unspecified atom stereocenters. The van der Waals surface area contributed by atoms with E-state index >= 15 is 0 Å². The summed E-state index contributed by atoms with van der Waals surface area (Å²) in [5.74, 6) is 1.15. The van der Waals surface area contributed by atoms with Gasteiger partial charge in [-0.1, -0.05) is 50.1 Å². The minimum Gasteiger partial charge on any atom is -0.339 e. The molecule has 3 nitrogen and oxygen atoms in total. The Hall–Kier alpha value is -2.39. The van der Waals surface area contributed by atoms with Gasteiger partial charge in [-0.2, -0.15) is 0 Å². The number of fused-ring (bicyclic) bond motifs is 1. The maximum atomic E-state index is 13.8. The highest BCUT2D eigenvalue weighted by atomic mass is 35.5. The molecule has 33 heavy (non-hydrogen) atoms. The van der Waals surface area contributed by atoms with Gasteiger partial charge in [-0.05, 0) is 73.9 Å². The number of carbonyl (C=O) groups excluding carboxylic acids is 2. The molecule has 3 aromatic rings. The molecular formula is C29H32ClNO2. The average molecular weight is 462 g/mol. The minimum absolute atomic E-state index is 0.114. The van der Waals surface area contributed by atoms with Crippen LogP contribution in [0, 0.1) is 11.3 Å². The molecule has 0 aliphatic heterocycles. The number of halogens is 1. The monoisotopic (exact) mass is 461 g/mol. The Labute approximate surface area is 201 Å². The number of Topliss-reactive ketones (excluding diaryl/α,β-unsaturated/α-hetero) is 2. The maximum Gasteiger partial charge on any atom is 0.168 e. The van der Waals surface area contributed by atoms with E-state index in [-0.39, 0.29) is 17.5 Å². The van der Waals surface area contributed by atoms with Crippen LogP contribution in [0.25, 0.3) is 10.9 Å². The van der Waals surface area contributed by atoms with Crippen molar-refractivity contribution in [2.45, 2.75) is 71.8 Å². The number of hydrogen-bond acceptors (Lipinski definition) is 2. The lowest BCUT2D eigenvalue weighted by atomic mass is 9.77. The molecule has 1 aromatic heterocycles. The van der Waals surface area contributed by atoms with Gasteiger partial charge in [-0.3, -0.25) is 9.59 Å². The van der Waals surface area contributed by atoms with Crippen LogP contribution >= 0.6 is 11.6 Å². The molecule has 2 aromatic carbocycles. The van der Waals surface area contributed by atoms with Gasteiger partial charge < -0.3 is 4.57 Å². The second-order valence-corrected chi connectivity index (χ2v) is 11.1. The molecule has 0 bridgehead atoms. The predicted octanol–water partition coefficient (Wildman–Crippen LogP) is 7.36. The summed E-state index contributed by atoms with van der Waals surface area (Å²) in [6, 6.07) is 14.6. The van der Waals surface area contributed by atoms with E-state index in [0.29, 0.717) is 23.9 Å². The van der Waals surface area contributed by atoms with Crippen molar-refractivity contribution in [1.82, 2.24) is 4.57 Å². The summed E-state index contributed by atoms with van der Waals surface area (Å²) in [5, 5.41) is 1.78. The molecule has 1 heterocycles. The third kappa shape index (κ3) is 4.28. The van der Waals surface area contributed by atoms with Gasteiger partial charge in [-0.15, -0.1) is 0 Å². The molecular weight excluding hydrogens is 430 g/mol. The number of hydrogen-bond donors (Lipinski definition) is 0. The fourth-order valence-electron chi connectivity index (χ4n) is 4.93. The number of rotatable bonds is 8. The second-order valence-electron chi connectivity index (χ2n) is 10.7. The van der Waals surface area contributed by atoms with E-state index < -0.39 is 5.41 Å². The van der Waals surface area contributed by atoms with Crippen molar-refractivity contribution < 1.29 is 9.59 Å². The summed E-state index contributed by atoms with van der Waals surface area (Å²) in [4.78, 5) is 26.3. The van der Waals surface area contributed by atoms with E-state index in [0.717, 1.165) is 47.0 Å². The predicted molar refractivity (Wildman–Crippen MR) is 134 cm³/mol. The Morgan fingerprint density at radius 2 is 1.73 bits per heavy atom. The number of aromatic nitrogens is 1. The molecule has 2 saturated carbocycles. The van der Waals surface area contributed by atoms with Crippen LogP contribution in [0.15, 0.2) is 42.5 Å². The van der Waals surface area contributed by atoms with Crippen molar-refractivity contribution in [2.75, 3.05) is 0 Å². The van der Waals surface area contributed by atoms with Gasteiger partial charge in [0.25, 0.3) is 0 Å². The van der Waals surface area contributed by atoms with Crippen LogP contribution in [0.2, 0.25) is 5.02 Å². The lowest BCUT2D eigenvalue weighted by Crippen LogP contribution is -2.28. The van der Waals surface area contributed by atoms with Gasteiger partial charge in [-0.25, -0.2) is 0 Å². The van der Waals surface area contributed by atoms with Crippen LogP contribution in [-0.4, -0.2) is 16.1 Å². The summed E-state index contributed by atoms with van der Waals surface area (Å²) >= 11 is 6.13. The zero-order chi connectivity index (χ0) is 23.3. The second kappa shape index (κ2) is 8.43. The van der Waals surface area contributed by atoms with Gasteiger partial charge in [0.1, 0.15) is 5.78 Å². The zero-order valence-corrected chi connectivity index (χ0v) is 20.5. The Balaban J connectivity index is 1.72. The number of ketones is 2. The normalized spacial score (nSPS) is 16.7. The first kappa shape index (κ1) is 22.4. The van der Waals surface area contributed by atoms with Gasteiger partial charge in [0.05, 0.1) is 0 Å². The Morgan fingerprint density at radius 3 is 2.30 bits per heavy atom. The molecule has 0 atom stereocenters. The van der Waals surface area contributed by atoms with Crippen molar-refractivity contribution in [3.63, 3.8) is 0 Å². The van der Waals surface area contributed by atoms with E-state index in [4.69, 9.17) is 11.6 Å². The van der Waals surface area contributed by atoms with E-state index in [1.165, 1.54) is 18.4 Å². The molecule has 0 N–H and O–H groups in total. The fraction of sp³-hybridized carbons (Fsp3) is 0.448. The molecule has 0 saturated heterocycles. The molecule has 0 amide bonds. The van der Waals surface area contributed by atoms with Crippen LogP contribution in [-0.2, 0) is 17.8 Å². The average Bonchev–Trinajstić information content (AvgIpc) is 3.53. The first-order chi connectivity index (χ1) is 15.7. The van der Waals surface area contributed by atoms with Crippen molar-refractivity contribution in [2.24, 2.45) is 11.3 Å². The third-order valence-electron chi connectivity index (χ3n) is 7.78. The summed E-state index contributed by atoms with van der Waals surface area (Å²) < 4.78 is 2.28. The Bertz CT molecular complexity index is 1230. The number of nitrogens with zero attached hydrogens (tertiary/aromatic N) is 1. The van der Waals surface area contributed by atoms with Crippen molar-refractivity contribution in [3.8, 4) is 0 Å². The molecule has 2 aliphatic carbocycles. The third-order valence-corrected chi connectivity index (χ3v) is 8.03. The smallest absolute Gasteiger partial charge is 0.168 e. The van der Waals surface area contributed by atoms with Crippen LogP contribution in [0.3, 0.4) is 0 Å². The molecule has 2 fully saturated rings. The molecule has 0 spiro atoms. The first-order valence-electron chi connectivity index (χ1n) is 12.2. The van der Waals surface area contributed by atoms with E-state index in [9.17, 15) is 9.59 Å². The highest BCUT2D eigenvalue weighted by Gasteiger charge is 2.35. The molecule has 2 aliphatic rings. The topological polar surface area (TPSA) is 39.1 Å². The van der Waals surface area contributed by atoms with Crippen molar-refractivity contribution in [3.05, 3.63) is 69.9 Å². The van der Waals surface area contributed by atoms with Crippen LogP contribution in [0.1, 0.15) is 86.0 Å². The summed E-state index contributed by atoms with van der Waals surface area (Å²) in [6.07, 6.45) is 6.08. The van der Waals surface area contributed by atoms with Crippen LogP contribution < -0.4 is 0 Å². The lowest BCUT2D eigenvalue weighted by molar-refractivity contribution is -0.124. The van der Waals surface area contributed by atoms with Crippen molar-refractivity contribution >= 4 is 34.1 Å². The molecule has 0 radical (unpaired) electrons. The SMILES string of the molecule is CC(=O)C(C)(C)Cc1c(C(=O)C2CCC2)c2cc(C3CC3)ccc2n1Cc1ccc(Cl)cc1. The zero-order valence-electron chi connectivity index (χ0n) is 19.8. The largest absolute Gasteiger partial charge is 0.339 e. The van der Waals surface area contributed by atoms with Crippen LogP contribution in [0.5, 0.6) is 0 Å². The number of carbonyl (C=O) groups is 2. The van der Waals surface area contributed by atoms with Gasteiger partial charge in [0, 0.05) is 51.5 Å². The van der Waals surface area contributed by atoms with E-state index in [2.05, 4.69) is 22.8 Å². The highest BCUT2D eigenvalue weighted by Crippen LogP contribution is 2.43. The fourth-order valence-corrected chi connectivity index (χ4v) is 5.05. The molecule has 4 heteroatoms. The Kier molecular flexibility index (Phi) is 5.73. The van der Waals surface area contributed by atoms with Gasteiger partial charge in [0.15, 0.2) is 5.78 Å².